The molecule has 2 heteroatoms. The first kappa shape index (κ1) is 9.79. The Morgan fingerprint density at radius 1 is 1.40 bits per heavy atom. The average Bonchev–Trinajstić information content (AvgIpc) is 2.52. The number of nitrogens with zero attached hydrogens (tertiary/aromatic N) is 2. The van der Waals surface area contributed by atoms with Crippen LogP contribution < -0.4 is 0 Å². The Bertz CT molecular complexity index is 529. The van der Waals surface area contributed by atoms with Crippen molar-refractivity contribution in [1.82, 2.24) is 4.57 Å². The average molecular weight is 198 g/mol. The number of hydrogen-bond donors (Lipinski definition) is 0. The molecule has 0 saturated heterocycles. The molecule has 0 aliphatic carbocycles. The Morgan fingerprint density at radius 2 is 2.20 bits per heavy atom. The van der Waals surface area contributed by atoms with Gasteiger partial charge in [0.1, 0.15) is 0 Å². The lowest BCUT2D eigenvalue weighted by Gasteiger charge is -1.97. The zero-order valence-corrected chi connectivity index (χ0v) is 9.12. The molecule has 1 aromatic carbocycles. The number of benzene rings is 1. The Balaban J connectivity index is 2.55. The highest BCUT2D eigenvalue weighted by Crippen LogP contribution is 2.22. The molecule has 1 heterocycles. The van der Waals surface area contributed by atoms with Crippen molar-refractivity contribution in [3.63, 3.8) is 0 Å². The van der Waals surface area contributed by atoms with Crippen LogP contribution in [-0.4, -0.2) is 4.57 Å². The second-order valence-electron chi connectivity index (χ2n) is 3.94. The SMILES string of the molecule is Cc1ccc2c(c1)c(CCC#N)cn2C. The van der Waals surface area contributed by atoms with E-state index >= 15 is 0 Å². The van der Waals surface area contributed by atoms with Crippen LogP contribution in [0.25, 0.3) is 10.9 Å². The smallest absolute Gasteiger partial charge is 0.0625 e. The maximum atomic E-state index is 8.60. The molecule has 2 aromatic rings. The van der Waals surface area contributed by atoms with Gasteiger partial charge in [0.15, 0.2) is 0 Å². The van der Waals surface area contributed by atoms with E-state index in [2.05, 4.69) is 42.0 Å². The first-order chi connectivity index (χ1) is 7.22. The fourth-order valence-electron chi connectivity index (χ4n) is 1.98. The second-order valence-corrected chi connectivity index (χ2v) is 3.94. The summed E-state index contributed by atoms with van der Waals surface area (Å²) < 4.78 is 2.13. The zero-order chi connectivity index (χ0) is 10.8. The van der Waals surface area contributed by atoms with Gasteiger partial charge in [-0.2, -0.15) is 5.26 Å². The highest BCUT2D eigenvalue weighted by atomic mass is 14.9. The molecule has 2 rings (SSSR count). The van der Waals surface area contributed by atoms with Gasteiger partial charge in [0.25, 0.3) is 0 Å². The Hall–Kier alpha value is -1.75. The van der Waals surface area contributed by atoms with Gasteiger partial charge in [-0.1, -0.05) is 11.6 Å². The summed E-state index contributed by atoms with van der Waals surface area (Å²) in [5, 5.41) is 9.89. The topological polar surface area (TPSA) is 28.7 Å². The van der Waals surface area contributed by atoms with E-state index in [1.807, 2.05) is 7.05 Å². The predicted molar refractivity (Wildman–Crippen MR) is 61.6 cm³/mol. The molecule has 0 N–H and O–H groups in total. The standard InChI is InChI=1S/C13H14N2/c1-10-5-6-13-12(8-10)11(4-3-7-14)9-15(13)2/h5-6,8-9H,3-4H2,1-2H3. The summed E-state index contributed by atoms with van der Waals surface area (Å²) >= 11 is 0. The maximum Gasteiger partial charge on any atom is 0.0625 e. The van der Waals surface area contributed by atoms with Crippen LogP contribution in [0, 0.1) is 18.3 Å². The van der Waals surface area contributed by atoms with E-state index in [-0.39, 0.29) is 0 Å². The molecule has 0 fully saturated rings. The third-order valence-electron chi connectivity index (χ3n) is 2.73. The number of aromatic nitrogens is 1. The molecule has 0 spiro atoms. The number of fused-ring (bicyclic) bond motifs is 1. The van der Waals surface area contributed by atoms with Gasteiger partial charge < -0.3 is 4.57 Å². The van der Waals surface area contributed by atoms with Gasteiger partial charge in [0.2, 0.25) is 0 Å². The molecule has 0 radical (unpaired) electrons. The van der Waals surface area contributed by atoms with Crippen molar-refractivity contribution in [3.8, 4) is 6.07 Å². The van der Waals surface area contributed by atoms with Crippen molar-refractivity contribution in [1.29, 1.82) is 5.26 Å². The molecular formula is C13H14N2. The van der Waals surface area contributed by atoms with Gasteiger partial charge in [-0.3, -0.25) is 0 Å². The van der Waals surface area contributed by atoms with E-state index in [9.17, 15) is 0 Å². The predicted octanol–water partition coefficient (Wildman–Crippen LogP) is 2.94. The lowest BCUT2D eigenvalue weighted by Crippen LogP contribution is -1.82. The largest absolute Gasteiger partial charge is 0.350 e. The third-order valence-corrected chi connectivity index (χ3v) is 2.73. The lowest BCUT2D eigenvalue weighted by molar-refractivity contribution is 0.940. The quantitative estimate of drug-likeness (QED) is 0.729. The molecule has 15 heavy (non-hydrogen) atoms. The Labute approximate surface area is 89.7 Å². The van der Waals surface area contributed by atoms with Crippen LogP contribution in [0.5, 0.6) is 0 Å². The molecule has 0 aliphatic rings. The monoisotopic (exact) mass is 198 g/mol. The van der Waals surface area contributed by atoms with Crippen molar-refractivity contribution >= 4 is 10.9 Å². The number of nitriles is 1. The van der Waals surface area contributed by atoms with Gasteiger partial charge in [0, 0.05) is 30.6 Å². The van der Waals surface area contributed by atoms with Gasteiger partial charge >= 0.3 is 0 Å². The highest BCUT2D eigenvalue weighted by Gasteiger charge is 2.05. The fourth-order valence-corrected chi connectivity index (χ4v) is 1.98. The van der Waals surface area contributed by atoms with Gasteiger partial charge in [-0.05, 0) is 31.0 Å². The van der Waals surface area contributed by atoms with Crippen molar-refractivity contribution in [2.75, 3.05) is 0 Å². The normalized spacial score (nSPS) is 10.5. The van der Waals surface area contributed by atoms with Crippen LogP contribution in [-0.2, 0) is 13.5 Å². The summed E-state index contributed by atoms with van der Waals surface area (Å²) in [4.78, 5) is 0. The van der Waals surface area contributed by atoms with Crippen molar-refractivity contribution < 1.29 is 0 Å². The molecule has 1 aromatic heterocycles. The van der Waals surface area contributed by atoms with Crippen molar-refractivity contribution in [3.05, 3.63) is 35.5 Å². The summed E-state index contributed by atoms with van der Waals surface area (Å²) in [6.45, 7) is 2.10. The van der Waals surface area contributed by atoms with Crippen LogP contribution in [0.1, 0.15) is 17.5 Å². The summed E-state index contributed by atoms with van der Waals surface area (Å²) in [6.07, 6.45) is 3.56. The maximum absolute atomic E-state index is 8.60. The summed E-state index contributed by atoms with van der Waals surface area (Å²) in [7, 11) is 2.05. The number of aryl methyl sites for hydroxylation is 3. The molecule has 0 saturated carbocycles. The molecular weight excluding hydrogens is 184 g/mol. The summed E-state index contributed by atoms with van der Waals surface area (Å²) in [6, 6.07) is 8.65. The first-order valence-corrected chi connectivity index (χ1v) is 5.14. The molecule has 0 aliphatic heterocycles. The van der Waals surface area contributed by atoms with Crippen LogP contribution in [0.15, 0.2) is 24.4 Å². The van der Waals surface area contributed by atoms with E-state index in [0.29, 0.717) is 6.42 Å². The summed E-state index contributed by atoms with van der Waals surface area (Å²) in [5.41, 5.74) is 3.79. The van der Waals surface area contributed by atoms with Gasteiger partial charge in [-0.15, -0.1) is 0 Å². The Morgan fingerprint density at radius 3 is 2.93 bits per heavy atom. The van der Waals surface area contributed by atoms with E-state index in [4.69, 9.17) is 5.26 Å². The number of rotatable bonds is 2. The zero-order valence-electron chi connectivity index (χ0n) is 9.12. The van der Waals surface area contributed by atoms with Crippen LogP contribution in [0.4, 0.5) is 0 Å². The second kappa shape index (κ2) is 3.78. The van der Waals surface area contributed by atoms with E-state index in [1.54, 1.807) is 0 Å². The minimum Gasteiger partial charge on any atom is -0.350 e. The van der Waals surface area contributed by atoms with Gasteiger partial charge in [0.05, 0.1) is 6.07 Å². The molecule has 2 nitrogen and oxygen atoms in total. The number of hydrogen-bond acceptors (Lipinski definition) is 1. The van der Waals surface area contributed by atoms with Crippen molar-refractivity contribution in [2.45, 2.75) is 19.8 Å². The Kier molecular flexibility index (Phi) is 2.47. The van der Waals surface area contributed by atoms with Crippen LogP contribution >= 0.6 is 0 Å². The minimum absolute atomic E-state index is 0.590. The fraction of sp³-hybridized carbons (Fsp3) is 0.308. The van der Waals surface area contributed by atoms with E-state index in [1.165, 1.54) is 22.0 Å². The first-order valence-electron chi connectivity index (χ1n) is 5.14. The van der Waals surface area contributed by atoms with E-state index < -0.39 is 0 Å². The lowest BCUT2D eigenvalue weighted by atomic mass is 10.1. The molecule has 76 valence electrons. The van der Waals surface area contributed by atoms with Crippen LogP contribution in [0.2, 0.25) is 0 Å². The molecule has 0 bridgehead atoms. The molecule has 0 amide bonds. The molecule has 0 atom stereocenters. The van der Waals surface area contributed by atoms with E-state index in [0.717, 1.165) is 6.42 Å². The minimum atomic E-state index is 0.590. The summed E-state index contributed by atoms with van der Waals surface area (Å²) in [5.74, 6) is 0. The van der Waals surface area contributed by atoms with Gasteiger partial charge in [-0.25, -0.2) is 0 Å². The van der Waals surface area contributed by atoms with Crippen molar-refractivity contribution in [2.24, 2.45) is 7.05 Å². The third kappa shape index (κ3) is 1.73. The highest BCUT2D eigenvalue weighted by molar-refractivity contribution is 5.84. The molecule has 0 unspecified atom stereocenters. The van der Waals surface area contributed by atoms with Crippen LogP contribution in [0.3, 0.4) is 0 Å².